The Balaban J connectivity index is 1.40. The molecular formula is C32H42N2O8S. The van der Waals surface area contributed by atoms with Crippen LogP contribution in [0.2, 0.25) is 0 Å². The van der Waals surface area contributed by atoms with Gasteiger partial charge in [-0.3, -0.25) is 14.3 Å². The van der Waals surface area contributed by atoms with Crippen LogP contribution >= 0.6 is 0 Å². The topological polar surface area (TPSA) is 120 Å². The molecule has 0 aliphatic carbocycles. The molecule has 1 atom stereocenters. The number of carbonyl (C=O) groups excluding carboxylic acids is 2. The van der Waals surface area contributed by atoms with Crippen LogP contribution in [0.3, 0.4) is 0 Å². The number of benzene rings is 2. The van der Waals surface area contributed by atoms with Crippen LogP contribution in [0.1, 0.15) is 66.1 Å². The van der Waals surface area contributed by atoms with E-state index in [0.29, 0.717) is 73.9 Å². The second-order valence-electron chi connectivity index (χ2n) is 10.8. The summed E-state index contributed by atoms with van der Waals surface area (Å²) in [5, 5.41) is 0. The zero-order chi connectivity index (χ0) is 31.0. The van der Waals surface area contributed by atoms with Crippen LogP contribution in [-0.2, 0) is 34.1 Å². The van der Waals surface area contributed by atoms with Gasteiger partial charge in [-0.05, 0) is 62.3 Å². The first-order chi connectivity index (χ1) is 20.7. The summed E-state index contributed by atoms with van der Waals surface area (Å²) >= 11 is 0. The molecule has 0 radical (unpaired) electrons. The van der Waals surface area contributed by atoms with Crippen molar-refractivity contribution in [1.29, 1.82) is 0 Å². The minimum atomic E-state index is -3.68. The fourth-order valence-electron chi connectivity index (χ4n) is 5.54. The molecule has 0 bridgehead atoms. The standard InChI is InChI=1S/C32H42N2O8S/c1-5-10-23-26(15-12-22-13-16-28(42-29(22)23)31(35)33-43(4,37)38)40-20-9-21-41-27-17-14-25(30(39-3)24(27)11-6-2)32(36)34-18-7-8-19-34/h6,12,14-15,17,28H,2,5,7-11,13,16,18-21H2,1,3-4H3,(H,33,35). The van der Waals surface area contributed by atoms with Gasteiger partial charge in [0.05, 0.1) is 32.1 Å². The molecule has 2 aromatic carbocycles. The predicted molar refractivity (Wildman–Crippen MR) is 164 cm³/mol. The second kappa shape index (κ2) is 14.6. The molecule has 0 aromatic heterocycles. The van der Waals surface area contributed by atoms with Gasteiger partial charge >= 0.3 is 0 Å². The number of amides is 2. The van der Waals surface area contributed by atoms with Crippen molar-refractivity contribution in [3.63, 3.8) is 0 Å². The first-order valence-corrected chi connectivity index (χ1v) is 16.7. The van der Waals surface area contributed by atoms with Crippen LogP contribution in [0.15, 0.2) is 36.9 Å². The molecule has 2 aromatic rings. The number of sulfonamides is 1. The van der Waals surface area contributed by atoms with Crippen molar-refractivity contribution < 1.29 is 37.0 Å². The van der Waals surface area contributed by atoms with Crippen LogP contribution < -0.4 is 23.7 Å². The number of rotatable bonds is 14. The Kier molecular flexibility index (Phi) is 11.0. The van der Waals surface area contributed by atoms with Crippen LogP contribution in [0, 0.1) is 0 Å². The highest BCUT2D eigenvalue weighted by molar-refractivity contribution is 7.89. The highest BCUT2D eigenvalue weighted by Gasteiger charge is 2.30. The van der Waals surface area contributed by atoms with Gasteiger partial charge in [-0.25, -0.2) is 8.42 Å². The van der Waals surface area contributed by atoms with Crippen LogP contribution in [0.5, 0.6) is 23.0 Å². The molecule has 10 nitrogen and oxygen atoms in total. The second-order valence-corrected chi connectivity index (χ2v) is 12.6. The SMILES string of the molecule is C=CCc1c(OCCCOc2ccc3c(c2CCC)OC(C(=O)NS(C)(=O)=O)CC3)ccc(C(=O)N2CCCC2)c1OC. The Bertz CT molecular complexity index is 1430. The maximum absolute atomic E-state index is 13.1. The number of nitrogens with one attached hydrogen (secondary N) is 1. The summed E-state index contributed by atoms with van der Waals surface area (Å²) in [4.78, 5) is 27.4. The number of carbonyl (C=O) groups is 2. The van der Waals surface area contributed by atoms with E-state index in [0.717, 1.165) is 55.3 Å². The molecule has 2 aliphatic rings. The number of nitrogens with zero attached hydrogens (tertiary/aromatic N) is 1. The normalized spacial score (nSPS) is 16.2. The molecule has 1 fully saturated rings. The third-order valence-electron chi connectivity index (χ3n) is 7.51. The number of aryl methyl sites for hydroxylation is 1. The van der Waals surface area contributed by atoms with E-state index in [9.17, 15) is 18.0 Å². The molecule has 0 saturated carbocycles. The summed E-state index contributed by atoms with van der Waals surface area (Å²) in [5.41, 5.74) is 3.16. The van der Waals surface area contributed by atoms with Crippen molar-refractivity contribution in [3.05, 3.63) is 59.2 Å². The molecule has 1 unspecified atom stereocenters. The molecule has 2 aliphatic heterocycles. The summed E-state index contributed by atoms with van der Waals surface area (Å²) in [5.74, 6) is 1.73. The molecule has 43 heavy (non-hydrogen) atoms. The summed E-state index contributed by atoms with van der Waals surface area (Å²) in [7, 11) is -2.11. The molecule has 11 heteroatoms. The van der Waals surface area contributed by atoms with E-state index in [-0.39, 0.29) is 5.91 Å². The summed E-state index contributed by atoms with van der Waals surface area (Å²) in [6.07, 6.45) is 7.44. The Morgan fingerprint density at radius 1 is 1.09 bits per heavy atom. The third-order valence-corrected chi connectivity index (χ3v) is 8.08. The number of methoxy groups -OCH3 is 1. The Morgan fingerprint density at radius 3 is 2.40 bits per heavy atom. The fraction of sp³-hybridized carbons (Fsp3) is 0.500. The van der Waals surface area contributed by atoms with Gasteiger partial charge in [0.15, 0.2) is 6.10 Å². The van der Waals surface area contributed by atoms with Gasteiger partial charge in [-0.1, -0.05) is 25.5 Å². The lowest BCUT2D eigenvalue weighted by atomic mass is 9.96. The summed E-state index contributed by atoms with van der Waals surface area (Å²) in [6.45, 7) is 8.19. The lowest BCUT2D eigenvalue weighted by molar-refractivity contribution is -0.126. The van der Waals surface area contributed by atoms with E-state index in [1.54, 1.807) is 19.3 Å². The summed E-state index contributed by atoms with van der Waals surface area (Å²) < 4.78 is 49.1. The van der Waals surface area contributed by atoms with E-state index in [1.807, 2.05) is 34.7 Å². The zero-order valence-corrected chi connectivity index (χ0v) is 26.1. The molecule has 1 N–H and O–H groups in total. The molecule has 4 rings (SSSR count). The van der Waals surface area contributed by atoms with E-state index in [2.05, 4.69) is 6.58 Å². The molecule has 1 saturated heterocycles. The molecular weight excluding hydrogens is 572 g/mol. The van der Waals surface area contributed by atoms with Crippen LogP contribution in [0.4, 0.5) is 0 Å². The van der Waals surface area contributed by atoms with Crippen LogP contribution in [0.25, 0.3) is 0 Å². The number of hydrogen-bond donors (Lipinski definition) is 1. The van der Waals surface area contributed by atoms with Gasteiger partial charge in [-0.2, -0.15) is 0 Å². The maximum atomic E-state index is 13.1. The molecule has 234 valence electrons. The van der Waals surface area contributed by atoms with Crippen molar-refractivity contribution in [1.82, 2.24) is 9.62 Å². The Hall–Kier alpha value is -3.73. The molecule has 2 heterocycles. The average molecular weight is 615 g/mol. The van der Waals surface area contributed by atoms with Gasteiger partial charge < -0.3 is 23.8 Å². The van der Waals surface area contributed by atoms with Crippen molar-refractivity contribution >= 4 is 21.8 Å². The van der Waals surface area contributed by atoms with Gasteiger partial charge in [-0.15, -0.1) is 6.58 Å². The maximum Gasteiger partial charge on any atom is 0.274 e. The number of allylic oxidation sites excluding steroid dienone is 1. The minimum Gasteiger partial charge on any atom is -0.495 e. The fourth-order valence-corrected chi connectivity index (χ4v) is 6.04. The first-order valence-electron chi connectivity index (χ1n) is 14.9. The predicted octanol–water partition coefficient (Wildman–Crippen LogP) is 4.23. The third kappa shape index (κ3) is 8.01. The lowest BCUT2D eigenvalue weighted by Gasteiger charge is -2.28. The van der Waals surface area contributed by atoms with E-state index in [1.165, 1.54) is 0 Å². The Morgan fingerprint density at radius 2 is 1.77 bits per heavy atom. The van der Waals surface area contributed by atoms with Gasteiger partial charge in [0.2, 0.25) is 10.0 Å². The van der Waals surface area contributed by atoms with E-state index in [4.69, 9.17) is 18.9 Å². The highest BCUT2D eigenvalue weighted by atomic mass is 32.2. The first kappa shape index (κ1) is 32.2. The average Bonchev–Trinajstić information content (AvgIpc) is 3.52. The number of hydrogen-bond acceptors (Lipinski definition) is 8. The van der Waals surface area contributed by atoms with Crippen molar-refractivity contribution in [2.24, 2.45) is 0 Å². The zero-order valence-electron chi connectivity index (χ0n) is 25.3. The highest BCUT2D eigenvalue weighted by Crippen LogP contribution is 2.38. The van der Waals surface area contributed by atoms with Crippen molar-refractivity contribution in [3.8, 4) is 23.0 Å². The van der Waals surface area contributed by atoms with E-state index < -0.39 is 22.0 Å². The van der Waals surface area contributed by atoms with Gasteiger partial charge in [0.25, 0.3) is 11.8 Å². The number of fused-ring (bicyclic) bond motifs is 1. The molecule has 2 amide bonds. The molecule has 0 spiro atoms. The Labute approximate surface area is 254 Å². The number of ether oxygens (including phenoxy) is 4. The summed E-state index contributed by atoms with van der Waals surface area (Å²) in [6, 6.07) is 7.45. The smallest absolute Gasteiger partial charge is 0.274 e. The monoisotopic (exact) mass is 614 g/mol. The van der Waals surface area contributed by atoms with E-state index >= 15 is 0 Å². The van der Waals surface area contributed by atoms with Crippen molar-refractivity contribution in [2.45, 2.75) is 64.4 Å². The van der Waals surface area contributed by atoms with Gasteiger partial charge in [0.1, 0.15) is 23.0 Å². The minimum absolute atomic E-state index is 0.0288. The largest absolute Gasteiger partial charge is 0.495 e. The van der Waals surface area contributed by atoms with Gasteiger partial charge in [0, 0.05) is 30.6 Å². The van der Waals surface area contributed by atoms with Crippen LogP contribution in [-0.4, -0.2) is 70.9 Å². The lowest BCUT2D eigenvalue weighted by Crippen LogP contribution is -2.42. The quantitative estimate of drug-likeness (QED) is 0.248. The number of likely N-dealkylation sites (tertiary alicyclic amines) is 1. The van der Waals surface area contributed by atoms with Crippen molar-refractivity contribution in [2.75, 3.05) is 39.7 Å².